The van der Waals surface area contributed by atoms with E-state index >= 15 is 0 Å². The quantitative estimate of drug-likeness (QED) is 0.807. The Bertz CT molecular complexity index is 763. The molecule has 3 heterocycles. The molecule has 0 atom stereocenters. The van der Waals surface area contributed by atoms with Crippen LogP contribution in [0.5, 0.6) is 0 Å². The van der Waals surface area contributed by atoms with Gasteiger partial charge in [0.05, 0.1) is 16.8 Å². The van der Waals surface area contributed by atoms with Gasteiger partial charge in [0.25, 0.3) is 11.8 Å². The van der Waals surface area contributed by atoms with Crippen LogP contribution in [0.25, 0.3) is 0 Å². The van der Waals surface area contributed by atoms with Crippen molar-refractivity contribution >= 4 is 17.5 Å². The van der Waals surface area contributed by atoms with Crippen molar-refractivity contribution in [3.05, 3.63) is 47.3 Å². The third-order valence-corrected chi connectivity index (χ3v) is 4.71. The van der Waals surface area contributed by atoms with Crippen LogP contribution in [0.2, 0.25) is 0 Å². The fourth-order valence-corrected chi connectivity index (χ4v) is 3.38. The number of H-pyrrole nitrogens is 1. The van der Waals surface area contributed by atoms with Gasteiger partial charge in [0.1, 0.15) is 0 Å². The number of imide groups is 1. The smallest absolute Gasteiger partial charge is 0.261 e. The van der Waals surface area contributed by atoms with Gasteiger partial charge in [-0.2, -0.15) is 5.10 Å². The molecule has 1 aromatic heterocycles. The standard InChI is InChI=1S/C17H19N5O2/c23-16-13-2-1-3-14(15(13)17(24)19-16)22-10-8-21(9-11-22)7-5-12-4-6-18-20-12/h1-4,6H,5,7-11H2,(H,18,20)(H,19,23,24). The van der Waals surface area contributed by atoms with E-state index in [9.17, 15) is 9.59 Å². The van der Waals surface area contributed by atoms with E-state index in [1.165, 1.54) is 0 Å². The number of aromatic nitrogens is 2. The first kappa shape index (κ1) is 14.9. The second-order valence-corrected chi connectivity index (χ2v) is 6.14. The minimum absolute atomic E-state index is 0.285. The van der Waals surface area contributed by atoms with Crippen molar-refractivity contribution in [1.82, 2.24) is 20.4 Å². The van der Waals surface area contributed by atoms with Gasteiger partial charge < -0.3 is 4.90 Å². The van der Waals surface area contributed by atoms with Crippen LogP contribution in [0.4, 0.5) is 5.69 Å². The number of nitrogens with zero attached hydrogens (tertiary/aromatic N) is 3. The lowest BCUT2D eigenvalue weighted by Gasteiger charge is -2.36. The highest BCUT2D eigenvalue weighted by molar-refractivity contribution is 6.23. The number of rotatable bonds is 4. The van der Waals surface area contributed by atoms with Gasteiger partial charge in [-0.1, -0.05) is 6.07 Å². The lowest BCUT2D eigenvalue weighted by molar-refractivity contribution is 0.0880. The highest BCUT2D eigenvalue weighted by Gasteiger charge is 2.31. The van der Waals surface area contributed by atoms with Crippen LogP contribution in [0.1, 0.15) is 26.4 Å². The van der Waals surface area contributed by atoms with E-state index in [-0.39, 0.29) is 11.8 Å². The summed E-state index contributed by atoms with van der Waals surface area (Å²) < 4.78 is 0. The first-order valence-corrected chi connectivity index (χ1v) is 8.16. The van der Waals surface area contributed by atoms with Crippen LogP contribution >= 0.6 is 0 Å². The van der Waals surface area contributed by atoms with Gasteiger partial charge >= 0.3 is 0 Å². The van der Waals surface area contributed by atoms with Gasteiger partial charge in [-0.15, -0.1) is 0 Å². The minimum atomic E-state index is -0.296. The molecule has 24 heavy (non-hydrogen) atoms. The van der Waals surface area contributed by atoms with Crippen molar-refractivity contribution < 1.29 is 9.59 Å². The number of fused-ring (bicyclic) bond motifs is 1. The lowest BCUT2D eigenvalue weighted by atomic mass is 10.1. The number of benzene rings is 1. The Hall–Kier alpha value is -2.67. The summed E-state index contributed by atoms with van der Waals surface area (Å²) in [5.41, 5.74) is 3.02. The van der Waals surface area contributed by atoms with E-state index in [0.717, 1.165) is 50.5 Å². The van der Waals surface area contributed by atoms with Gasteiger partial charge in [-0.25, -0.2) is 0 Å². The maximum absolute atomic E-state index is 12.1. The van der Waals surface area contributed by atoms with Crippen LogP contribution in [-0.4, -0.2) is 59.6 Å². The zero-order chi connectivity index (χ0) is 16.5. The molecule has 0 radical (unpaired) electrons. The number of anilines is 1. The molecule has 124 valence electrons. The van der Waals surface area contributed by atoms with E-state index in [0.29, 0.717) is 11.1 Å². The Balaban J connectivity index is 1.42. The predicted octanol–water partition coefficient (Wildman–Crippen LogP) is 0.658. The molecule has 0 spiro atoms. The van der Waals surface area contributed by atoms with Crippen LogP contribution in [0.15, 0.2) is 30.5 Å². The molecule has 2 aromatic rings. The predicted molar refractivity (Wildman–Crippen MR) is 89.2 cm³/mol. The molecule has 1 fully saturated rings. The Morgan fingerprint density at radius 1 is 1.04 bits per heavy atom. The molecule has 2 amide bonds. The Morgan fingerprint density at radius 3 is 2.62 bits per heavy atom. The summed E-state index contributed by atoms with van der Waals surface area (Å²) in [6.07, 6.45) is 2.73. The molecular weight excluding hydrogens is 306 g/mol. The molecule has 4 rings (SSSR count). The zero-order valence-corrected chi connectivity index (χ0v) is 13.3. The molecule has 0 bridgehead atoms. The highest BCUT2D eigenvalue weighted by atomic mass is 16.2. The topological polar surface area (TPSA) is 81.3 Å². The number of amides is 2. The average molecular weight is 325 g/mol. The molecule has 2 aliphatic rings. The summed E-state index contributed by atoms with van der Waals surface area (Å²) in [4.78, 5) is 28.5. The molecule has 7 heteroatoms. The summed E-state index contributed by atoms with van der Waals surface area (Å²) in [5, 5.41) is 9.33. The second kappa shape index (κ2) is 6.09. The molecule has 0 saturated carbocycles. The van der Waals surface area contributed by atoms with E-state index in [4.69, 9.17) is 0 Å². The number of hydrogen-bond acceptors (Lipinski definition) is 5. The molecular formula is C17H19N5O2. The average Bonchev–Trinajstić information content (AvgIpc) is 3.22. The fraction of sp³-hybridized carbons (Fsp3) is 0.353. The van der Waals surface area contributed by atoms with Crippen molar-refractivity contribution in [3.63, 3.8) is 0 Å². The van der Waals surface area contributed by atoms with Crippen molar-refractivity contribution in [1.29, 1.82) is 0 Å². The molecule has 2 aliphatic heterocycles. The van der Waals surface area contributed by atoms with Gasteiger partial charge in [-0.3, -0.25) is 24.9 Å². The third kappa shape index (κ3) is 2.67. The van der Waals surface area contributed by atoms with Gasteiger partial charge in [-0.05, 0) is 18.2 Å². The minimum Gasteiger partial charge on any atom is -0.368 e. The monoisotopic (exact) mass is 325 g/mol. The summed E-state index contributed by atoms with van der Waals surface area (Å²) in [6.45, 7) is 4.56. The number of carbonyl (C=O) groups excluding carboxylic acids is 2. The van der Waals surface area contributed by atoms with Gasteiger partial charge in [0.15, 0.2) is 0 Å². The van der Waals surface area contributed by atoms with Crippen molar-refractivity contribution in [3.8, 4) is 0 Å². The largest absolute Gasteiger partial charge is 0.368 e. The molecule has 2 N–H and O–H groups in total. The number of piperazine rings is 1. The number of aromatic amines is 1. The van der Waals surface area contributed by atoms with E-state index in [1.54, 1.807) is 12.3 Å². The molecule has 0 aliphatic carbocycles. The lowest BCUT2D eigenvalue weighted by Crippen LogP contribution is -2.47. The normalized spacial score (nSPS) is 17.9. The molecule has 0 unspecified atom stereocenters. The summed E-state index contributed by atoms with van der Waals surface area (Å²) in [6, 6.07) is 7.48. The van der Waals surface area contributed by atoms with Crippen LogP contribution in [0.3, 0.4) is 0 Å². The summed E-state index contributed by atoms with van der Waals surface area (Å²) >= 11 is 0. The summed E-state index contributed by atoms with van der Waals surface area (Å²) in [7, 11) is 0. The van der Waals surface area contributed by atoms with E-state index in [2.05, 4.69) is 25.3 Å². The van der Waals surface area contributed by atoms with Crippen molar-refractivity contribution in [2.24, 2.45) is 0 Å². The van der Waals surface area contributed by atoms with Crippen LogP contribution in [0, 0.1) is 0 Å². The van der Waals surface area contributed by atoms with Crippen molar-refractivity contribution in [2.45, 2.75) is 6.42 Å². The highest BCUT2D eigenvalue weighted by Crippen LogP contribution is 2.28. The number of hydrogen-bond donors (Lipinski definition) is 2. The van der Waals surface area contributed by atoms with E-state index in [1.807, 2.05) is 18.2 Å². The van der Waals surface area contributed by atoms with Gasteiger partial charge in [0, 0.05) is 51.0 Å². The van der Waals surface area contributed by atoms with Crippen LogP contribution in [-0.2, 0) is 6.42 Å². The van der Waals surface area contributed by atoms with E-state index < -0.39 is 0 Å². The van der Waals surface area contributed by atoms with Crippen LogP contribution < -0.4 is 10.2 Å². The maximum Gasteiger partial charge on any atom is 0.261 e. The Morgan fingerprint density at radius 2 is 1.88 bits per heavy atom. The SMILES string of the molecule is O=C1NC(=O)c2c1cccc2N1CCN(CCc2ccn[nH]2)CC1. The Kier molecular flexibility index (Phi) is 3.78. The maximum atomic E-state index is 12.1. The summed E-state index contributed by atoms with van der Waals surface area (Å²) in [5.74, 6) is -0.581. The third-order valence-electron chi connectivity index (χ3n) is 4.71. The molecule has 1 saturated heterocycles. The number of carbonyl (C=O) groups is 2. The van der Waals surface area contributed by atoms with Crippen molar-refractivity contribution in [2.75, 3.05) is 37.6 Å². The molecule has 7 nitrogen and oxygen atoms in total. The zero-order valence-electron chi connectivity index (χ0n) is 13.3. The van der Waals surface area contributed by atoms with Gasteiger partial charge in [0.2, 0.25) is 0 Å². The first-order valence-electron chi connectivity index (χ1n) is 8.16. The second-order valence-electron chi connectivity index (χ2n) is 6.14. The fourth-order valence-electron chi connectivity index (χ4n) is 3.38. The Labute approximate surface area is 139 Å². The number of nitrogens with one attached hydrogen (secondary N) is 2. The first-order chi connectivity index (χ1) is 11.7. The molecule has 1 aromatic carbocycles.